The summed E-state index contributed by atoms with van der Waals surface area (Å²) in [6.45, 7) is 4.61. The molecular formula is C19H21N5OS. The first-order chi connectivity index (χ1) is 12.7. The molecule has 1 unspecified atom stereocenters. The molecule has 0 spiro atoms. The van der Waals surface area contributed by atoms with Gasteiger partial charge in [-0.05, 0) is 44.5 Å². The third-order valence-corrected chi connectivity index (χ3v) is 5.65. The van der Waals surface area contributed by atoms with Crippen LogP contribution in [0.25, 0.3) is 11.3 Å². The molecule has 1 aliphatic heterocycles. The fraction of sp³-hybridized carbons (Fsp3) is 0.368. The van der Waals surface area contributed by atoms with Crippen molar-refractivity contribution in [2.75, 3.05) is 6.54 Å². The van der Waals surface area contributed by atoms with Crippen molar-refractivity contribution in [3.63, 3.8) is 0 Å². The van der Waals surface area contributed by atoms with E-state index in [4.69, 9.17) is 0 Å². The number of likely N-dealkylation sites (tertiary alicyclic amines) is 1. The van der Waals surface area contributed by atoms with E-state index in [1.807, 2.05) is 25.3 Å². The monoisotopic (exact) mass is 367 g/mol. The van der Waals surface area contributed by atoms with E-state index in [1.165, 1.54) is 4.88 Å². The van der Waals surface area contributed by atoms with Crippen LogP contribution < -0.4 is 5.56 Å². The number of hydrogen-bond acceptors (Lipinski definition) is 6. The lowest BCUT2D eigenvalue weighted by molar-refractivity contribution is 0.218. The topological polar surface area (TPSA) is 63.9 Å². The number of hydrogen-bond donors (Lipinski definition) is 0. The van der Waals surface area contributed by atoms with Crippen LogP contribution in [0.3, 0.4) is 0 Å². The third kappa shape index (κ3) is 3.73. The predicted molar refractivity (Wildman–Crippen MR) is 102 cm³/mol. The second-order valence-corrected chi connectivity index (χ2v) is 7.91. The standard InChI is InChI=1S/C19H21N5OS/c1-14-21-11-17(26-14)13-23-10-2-3-16(23)12-24-19(25)5-4-18(22-24)15-6-8-20-9-7-15/h4-9,11,16H,2-3,10,12-13H2,1H3. The highest BCUT2D eigenvalue weighted by molar-refractivity contribution is 7.11. The summed E-state index contributed by atoms with van der Waals surface area (Å²) in [5, 5.41) is 5.69. The summed E-state index contributed by atoms with van der Waals surface area (Å²) >= 11 is 1.74. The molecule has 1 atom stereocenters. The molecule has 134 valence electrons. The van der Waals surface area contributed by atoms with Crippen molar-refractivity contribution in [2.45, 2.75) is 38.9 Å². The molecule has 0 amide bonds. The van der Waals surface area contributed by atoms with Gasteiger partial charge < -0.3 is 0 Å². The Hall–Kier alpha value is -2.38. The molecule has 26 heavy (non-hydrogen) atoms. The largest absolute Gasteiger partial charge is 0.293 e. The molecule has 0 saturated carbocycles. The van der Waals surface area contributed by atoms with Gasteiger partial charge in [0.2, 0.25) is 0 Å². The van der Waals surface area contributed by atoms with Gasteiger partial charge in [0.15, 0.2) is 0 Å². The van der Waals surface area contributed by atoms with Crippen molar-refractivity contribution >= 4 is 11.3 Å². The third-order valence-electron chi connectivity index (χ3n) is 4.75. The zero-order chi connectivity index (χ0) is 17.9. The highest BCUT2D eigenvalue weighted by atomic mass is 32.1. The molecule has 0 bridgehead atoms. The van der Waals surface area contributed by atoms with E-state index in [0.29, 0.717) is 12.6 Å². The second-order valence-electron chi connectivity index (χ2n) is 6.59. The number of aryl methyl sites for hydroxylation is 1. The van der Waals surface area contributed by atoms with Gasteiger partial charge in [0.05, 0.1) is 17.2 Å². The van der Waals surface area contributed by atoms with E-state index in [9.17, 15) is 4.79 Å². The Morgan fingerprint density at radius 2 is 2.08 bits per heavy atom. The maximum Gasteiger partial charge on any atom is 0.266 e. The summed E-state index contributed by atoms with van der Waals surface area (Å²) in [5.74, 6) is 0. The van der Waals surface area contributed by atoms with Gasteiger partial charge in [-0.2, -0.15) is 5.10 Å². The first-order valence-electron chi connectivity index (χ1n) is 8.83. The zero-order valence-electron chi connectivity index (χ0n) is 14.7. The van der Waals surface area contributed by atoms with Crippen molar-refractivity contribution in [1.29, 1.82) is 0 Å². The van der Waals surface area contributed by atoms with Crippen LogP contribution in [0, 0.1) is 6.92 Å². The van der Waals surface area contributed by atoms with Crippen LogP contribution in [-0.4, -0.2) is 37.2 Å². The van der Waals surface area contributed by atoms with Gasteiger partial charge >= 0.3 is 0 Å². The molecule has 1 fully saturated rings. The van der Waals surface area contributed by atoms with Crippen molar-refractivity contribution in [3.8, 4) is 11.3 Å². The first kappa shape index (κ1) is 17.1. The minimum Gasteiger partial charge on any atom is -0.293 e. The minimum absolute atomic E-state index is 0.0525. The lowest BCUT2D eigenvalue weighted by Crippen LogP contribution is -2.36. The molecule has 4 rings (SSSR count). The van der Waals surface area contributed by atoms with Crippen LogP contribution in [0.2, 0.25) is 0 Å². The number of pyridine rings is 1. The number of aromatic nitrogens is 4. The highest BCUT2D eigenvalue weighted by Gasteiger charge is 2.26. The van der Waals surface area contributed by atoms with Crippen molar-refractivity contribution in [2.24, 2.45) is 0 Å². The van der Waals surface area contributed by atoms with Gasteiger partial charge in [0.25, 0.3) is 5.56 Å². The minimum atomic E-state index is -0.0525. The number of rotatable bonds is 5. The number of nitrogens with zero attached hydrogens (tertiary/aromatic N) is 5. The lowest BCUT2D eigenvalue weighted by atomic mass is 10.2. The molecule has 3 aromatic rings. The van der Waals surface area contributed by atoms with E-state index >= 15 is 0 Å². The predicted octanol–water partition coefficient (Wildman–Crippen LogP) is 2.73. The van der Waals surface area contributed by atoms with Crippen LogP contribution in [-0.2, 0) is 13.1 Å². The van der Waals surface area contributed by atoms with Crippen LogP contribution in [0.4, 0.5) is 0 Å². The van der Waals surface area contributed by atoms with E-state index < -0.39 is 0 Å². The van der Waals surface area contributed by atoms with Gasteiger partial charge in [-0.15, -0.1) is 11.3 Å². The molecule has 0 aromatic carbocycles. The second kappa shape index (κ2) is 7.47. The summed E-state index contributed by atoms with van der Waals surface area (Å²) < 4.78 is 1.61. The smallest absolute Gasteiger partial charge is 0.266 e. The highest BCUT2D eigenvalue weighted by Crippen LogP contribution is 2.23. The maximum atomic E-state index is 12.3. The van der Waals surface area contributed by atoms with E-state index in [-0.39, 0.29) is 5.56 Å². The van der Waals surface area contributed by atoms with Gasteiger partial charge in [-0.25, -0.2) is 9.67 Å². The Morgan fingerprint density at radius 3 is 2.85 bits per heavy atom. The van der Waals surface area contributed by atoms with E-state index in [0.717, 1.165) is 42.2 Å². The Kier molecular flexibility index (Phi) is 4.90. The number of thiazole rings is 1. The van der Waals surface area contributed by atoms with Crippen molar-refractivity contribution in [3.05, 3.63) is 63.1 Å². The van der Waals surface area contributed by atoms with Crippen LogP contribution >= 0.6 is 11.3 Å². The Bertz CT molecular complexity index is 936. The van der Waals surface area contributed by atoms with Crippen LogP contribution in [0.5, 0.6) is 0 Å². The molecule has 4 heterocycles. The summed E-state index contributed by atoms with van der Waals surface area (Å²) in [5.41, 5.74) is 1.72. The van der Waals surface area contributed by atoms with Crippen LogP contribution in [0.15, 0.2) is 47.7 Å². The van der Waals surface area contributed by atoms with Crippen molar-refractivity contribution < 1.29 is 0 Å². The van der Waals surface area contributed by atoms with Gasteiger partial charge in [-0.3, -0.25) is 14.7 Å². The lowest BCUT2D eigenvalue weighted by Gasteiger charge is -2.24. The summed E-state index contributed by atoms with van der Waals surface area (Å²) in [7, 11) is 0. The van der Waals surface area contributed by atoms with Gasteiger partial charge in [0.1, 0.15) is 0 Å². The summed E-state index contributed by atoms with van der Waals surface area (Å²) in [6.07, 6.45) is 7.68. The van der Waals surface area contributed by atoms with Gasteiger partial charge in [0, 0.05) is 47.7 Å². The molecule has 0 radical (unpaired) electrons. The molecule has 0 N–H and O–H groups in total. The molecular weight excluding hydrogens is 346 g/mol. The maximum absolute atomic E-state index is 12.3. The Labute approximate surface area is 156 Å². The Morgan fingerprint density at radius 1 is 1.23 bits per heavy atom. The SMILES string of the molecule is Cc1ncc(CN2CCCC2Cn2nc(-c3ccncc3)ccc2=O)s1. The average Bonchev–Trinajstić information content (AvgIpc) is 3.27. The molecule has 3 aromatic heterocycles. The summed E-state index contributed by atoms with van der Waals surface area (Å²) in [6, 6.07) is 7.53. The normalized spacial score (nSPS) is 17.7. The average molecular weight is 367 g/mol. The quantitative estimate of drug-likeness (QED) is 0.694. The molecule has 1 aliphatic rings. The molecule has 0 aliphatic carbocycles. The molecule has 7 heteroatoms. The molecule has 6 nitrogen and oxygen atoms in total. The van der Waals surface area contributed by atoms with E-state index in [2.05, 4.69) is 20.0 Å². The van der Waals surface area contributed by atoms with Crippen LogP contribution in [0.1, 0.15) is 22.7 Å². The first-order valence-corrected chi connectivity index (χ1v) is 9.64. The fourth-order valence-corrected chi connectivity index (χ4v) is 4.27. The van der Waals surface area contributed by atoms with E-state index in [1.54, 1.807) is 40.5 Å². The Balaban J connectivity index is 1.53. The van der Waals surface area contributed by atoms with Crippen molar-refractivity contribution in [1.82, 2.24) is 24.6 Å². The molecule has 1 saturated heterocycles. The summed E-state index contributed by atoms with van der Waals surface area (Å²) in [4.78, 5) is 24.4. The van der Waals surface area contributed by atoms with Gasteiger partial charge in [-0.1, -0.05) is 0 Å². The fourth-order valence-electron chi connectivity index (χ4n) is 3.44. The zero-order valence-corrected chi connectivity index (χ0v) is 15.5.